The number of carbonyl (C=O) groups excluding carboxylic acids is 1. The molecule has 0 saturated carbocycles. The molecule has 0 aromatic carbocycles. The molecular formula is C12H19N3O4. The van der Waals surface area contributed by atoms with Gasteiger partial charge in [-0.05, 0) is 0 Å². The van der Waals surface area contributed by atoms with Crippen molar-refractivity contribution in [1.82, 2.24) is 15.0 Å². The van der Waals surface area contributed by atoms with Crippen LogP contribution in [0.25, 0.3) is 0 Å². The summed E-state index contributed by atoms with van der Waals surface area (Å²) in [4.78, 5) is 17.8. The predicted molar refractivity (Wildman–Crippen MR) is 65.7 cm³/mol. The predicted octanol–water partition coefficient (Wildman–Crippen LogP) is 0.221. The van der Waals surface area contributed by atoms with E-state index in [0.29, 0.717) is 50.9 Å². The summed E-state index contributed by atoms with van der Waals surface area (Å²) in [7, 11) is 3.22. The van der Waals surface area contributed by atoms with Crippen molar-refractivity contribution in [2.24, 2.45) is 0 Å². The van der Waals surface area contributed by atoms with Crippen molar-refractivity contribution >= 4 is 5.91 Å². The number of hydrogen-bond acceptors (Lipinski definition) is 6. The van der Waals surface area contributed by atoms with Crippen molar-refractivity contribution in [3.8, 4) is 0 Å². The lowest BCUT2D eigenvalue weighted by molar-refractivity contribution is -0.136. The van der Waals surface area contributed by atoms with Crippen LogP contribution in [0.5, 0.6) is 0 Å². The van der Waals surface area contributed by atoms with E-state index in [1.807, 2.05) is 0 Å². The number of likely N-dealkylation sites (tertiary alicyclic amines) is 1. The van der Waals surface area contributed by atoms with Crippen molar-refractivity contribution in [2.75, 3.05) is 40.5 Å². The Morgan fingerprint density at radius 2 is 2.11 bits per heavy atom. The molecule has 2 rings (SSSR count). The van der Waals surface area contributed by atoms with Crippen molar-refractivity contribution in [1.29, 1.82) is 0 Å². The molecule has 1 aromatic heterocycles. The summed E-state index contributed by atoms with van der Waals surface area (Å²) >= 11 is 0. The highest BCUT2D eigenvalue weighted by molar-refractivity contribution is 5.77. The van der Waals surface area contributed by atoms with Crippen molar-refractivity contribution < 1.29 is 18.8 Å². The Hall–Kier alpha value is -1.47. The lowest BCUT2D eigenvalue weighted by Gasteiger charge is -2.37. The van der Waals surface area contributed by atoms with E-state index >= 15 is 0 Å². The van der Waals surface area contributed by atoms with E-state index in [9.17, 15) is 4.79 Å². The van der Waals surface area contributed by atoms with Gasteiger partial charge in [-0.1, -0.05) is 5.16 Å². The summed E-state index contributed by atoms with van der Waals surface area (Å²) < 4.78 is 15.0. The summed E-state index contributed by atoms with van der Waals surface area (Å²) in [5, 5.41) is 3.89. The Morgan fingerprint density at radius 1 is 1.37 bits per heavy atom. The van der Waals surface area contributed by atoms with Gasteiger partial charge in [0.1, 0.15) is 0 Å². The number of hydrogen-bond donors (Lipinski definition) is 0. The third-order valence-electron chi connectivity index (χ3n) is 3.12. The normalized spacial score (nSPS) is 15.6. The monoisotopic (exact) mass is 269 g/mol. The molecule has 1 aromatic rings. The molecule has 7 nitrogen and oxygen atoms in total. The van der Waals surface area contributed by atoms with E-state index in [1.54, 1.807) is 19.1 Å². The van der Waals surface area contributed by atoms with Gasteiger partial charge in [-0.15, -0.1) is 0 Å². The molecule has 0 N–H and O–H groups in total. The first-order valence-electron chi connectivity index (χ1n) is 6.32. The molecule has 2 heterocycles. The van der Waals surface area contributed by atoms with Crippen LogP contribution in [0.1, 0.15) is 24.1 Å². The smallest absolute Gasteiger partial charge is 0.233 e. The van der Waals surface area contributed by atoms with Crippen molar-refractivity contribution in [2.45, 2.75) is 18.8 Å². The van der Waals surface area contributed by atoms with Crippen LogP contribution in [0.4, 0.5) is 0 Å². The van der Waals surface area contributed by atoms with Gasteiger partial charge < -0.3 is 18.9 Å². The summed E-state index contributed by atoms with van der Waals surface area (Å²) in [5.41, 5.74) is 0. The van der Waals surface area contributed by atoms with Crippen LogP contribution >= 0.6 is 0 Å². The Bertz CT molecular complexity index is 415. The van der Waals surface area contributed by atoms with Gasteiger partial charge in [-0.3, -0.25) is 4.79 Å². The van der Waals surface area contributed by atoms with Crippen LogP contribution in [0.2, 0.25) is 0 Å². The van der Waals surface area contributed by atoms with E-state index in [1.165, 1.54) is 0 Å². The molecule has 0 unspecified atom stereocenters. The van der Waals surface area contributed by atoms with Gasteiger partial charge in [0.05, 0.1) is 25.6 Å². The van der Waals surface area contributed by atoms with Crippen molar-refractivity contribution in [3.63, 3.8) is 0 Å². The average molecular weight is 269 g/mol. The topological polar surface area (TPSA) is 77.7 Å². The highest BCUT2D eigenvalue weighted by Gasteiger charge is 2.35. The van der Waals surface area contributed by atoms with E-state index in [2.05, 4.69) is 10.1 Å². The van der Waals surface area contributed by atoms with E-state index in [-0.39, 0.29) is 11.8 Å². The van der Waals surface area contributed by atoms with Crippen molar-refractivity contribution in [3.05, 3.63) is 11.7 Å². The second-order valence-electron chi connectivity index (χ2n) is 4.53. The third kappa shape index (κ3) is 3.51. The number of carbonyl (C=O) groups is 1. The minimum Gasteiger partial charge on any atom is -0.384 e. The minimum absolute atomic E-state index is 0.109. The fraction of sp³-hybridized carbons (Fsp3) is 0.750. The molecule has 106 valence electrons. The number of rotatable bonds is 7. The largest absolute Gasteiger partial charge is 0.384 e. The lowest BCUT2D eigenvalue weighted by Crippen LogP contribution is -2.48. The Kier molecular flexibility index (Phi) is 4.86. The highest BCUT2D eigenvalue weighted by atomic mass is 16.5. The number of amides is 1. The van der Waals surface area contributed by atoms with Gasteiger partial charge in [-0.25, -0.2) is 0 Å². The first-order valence-corrected chi connectivity index (χ1v) is 6.32. The Balaban J connectivity index is 1.76. The van der Waals surface area contributed by atoms with Gasteiger partial charge in [0.15, 0.2) is 5.82 Å². The summed E-state index contributed by atoms with van der Waals surface area (Å²) in [5.74, 6) is 1.54. The van der Waals surface area contributed by atoms with Crippen LogP contribution < -0.4 is 0 Å². The van der Waals surface area contributed by atoms with E-state index in [0.717, 1.165) is 0 Å². The SMILES string of the molecule is COCCC(=O)N1CC(c2nc(CCOC)no2)C1. The zero-order chi connectivity index (χ0) is 13.7. The molecule has 0 spiro atoms. The Morgan fingerprint density at radius 3 is 2.79 bits per heavy atom. The molecule has 7 heteroatoms. The van der Waals surface area contributed by atoms with E-state index in [4.69, 9.17) is 14.0 Å². The Labute approximate surface area is 111 Å². The summed E-state index contributed by atoms with van der Waals surface area (Å²) in [6.45, 7) is 2.33. The number of aromatic nitrogens is 2. The van der Waals surface area contributed by atoms with Gasteiger partial charge in [-0.2, -0.15) is 4.98 Å². The number of nitrogens with zero attached hydrogens (tertiary/aromatic N) is 3. The zero-order valence-electron chi connectivity index (χ0n) is 11.3. The average Bonchev–Trinajstić information content (AvgIpc) is 2.80. The van der Waals surface area contributed by atoms with Crippen LogP contribution in [0.3, 0.4) is 0 Å². The molecule has 0 atom stereocenters. The molecule has 19 heavy (non-hydrogen) atoms. The maximum atomic E-state index is 11.7. The highest BCUT2D eigenvalue weighted by Crippen LogP contribution is 2.26. The second kappa shape index (κ2) is 6.63. The minimum atomic E-state index is 0.109. The summed E-state index contributed by atoms with van der Waals surface area (Å²) in [6, 6.07) is 0. The molecule has 0 aliphatic carbocycles. The lowest BCUT2D eigenvalue weighted by atomic mass is 10.00. The molecule has 1 saturated heterocycles. The quantitative estimate of drug-likeness (QED) is 0.704. The molecule has 1 amide bonds. The molecule has 1 fully saturated rings. The van der Waals surface area contributed by atoms with Gasteiger partial charge in [0.25, 0.3) is 0 Å². The standard InChI is InChI=1S/C12H19N3O4/c1-17-5-3-10-13-12(19-14-10)9-7-15(8-9)11(16)4-6-18-2/h9H,3-8H2,1-2H3. The number of ether oxygens (including phenoxy) is 2. The molecular weight excluding hydrogens is 250 g/mol. The zero-order valence-corrected chi connectivity index (χ0v) is 11.3. The first kappa shape index (κ1) is 14.0. The van der Waals surface area contributed by atoms with Gasteiger partial charge in [0, 0.05) is 33.7 Å². The van der Waals surface area contributed by atoms with Gasteiger partial charge >= 0.3 is 0 Å². The van der Waals surface area contributed by atoms with Gasteiger partial charge in [0.2, 0.25) is 11.8 Å². The number of methoxy groups -OCH3 is 2. The maximum absolute atomic E-state index is 11.7. The van der Waals surface area contributed by atoms with Crippen LogP contribution in [0, 0.1) is 0 Å². The second-order valence-corrected chi connectivity index (χ2v) is 4.53. The maximum Gasteiger partial charge on any atom is 0.233 e. The fourth-order valence-electron chi connectivity index (χ4n) is 1.91. The fourth-order valence-corrected chi connectivity index (χ4v) is 1.91. The molecule has 1 aliphatic heterocycles. The first-order chi connectivity index (χ1) is 9.24. The van der Waals surface area contributed by atoms with Crippen LogP contribution in [0.15, 0.2) is 4.52 Å². The van der Waals surface area contributed by atoms with E-state index < -0.39 is 0 Å². The molecule has 1 aliphatic rings. The molecule has 0 bridgehead atoms. The van der Waals surface area contributed by atoms with Crippen LogP contribution in [-0.4, -0.2) is 61.5 Å². The molecule has 0 radical (unpaired) electrons. The van der Waals surface area contributed by atoms with Crippen LogP contribution in [-0.2, 0) is 20.7 Å². The summed E-state index contributed by atoms with van der Waals surface area (Å²) in [6.07, 6.45) is 1.06. The third-order valence-corrected chi connectivity index (χ3v) is 3.12.